The van der Waals surface area contributed by atoms with Gasteiger partial charge in [-0.05, 0) is 65.0 Å². The summed E-state index contributed by atoms with van der Waals surface area (Å²) in [6.45, 7) is 12.0. The van der Waals surface area contributed by atoms with Gasteiger partial charge in [0.25, 0.3) is 0 Å². The van der Waals surface area contributed by atoms with Gasteiger partial charge in [-0.2, -0.15) is 0 Å². The van der Waals surface area contributed by atoms with Crippen LogP contribution in [0.5, 0.6) is 0 Å². The van der Waals surface area contributed by atoms with E-state index in [2.05, 4.69) is 31.0 Å². The Morgan fingerprint density at radius 3 is 2.41 bits per heavy atom. The predicted octanol–water partition coefficient (Wildman–Crippen LogP) is 2.89. The smallest absolute Gasteiger partial charge is 0.00966 e. The average molecular weight is 238 g/mol. The van der Waals surface area contributed by atoms with Crippen molar-refractivity contribution in [2.45, 2.75) is 58.4 Å². The van der Waals surface area contributed by atoms with Gasteiger partial charge in [0.2, 0.25) is 0 Å². The molecule has 17 heavy (non-hydrogen) atoms. The molecule has 0 bridgehead atoms. The Kier molecular flexibility index (Phi) is 4.48. The van der Waals surface area contributed by atoms with Crippen molar-refractivity contribution in [3.05, 3.63) is 0 Å². The van der Waals surface area contributed by atoms with Crippen LogP contribution in [0.25, 0.3) is 0 Å². The monoisotopic (exact) mass is 238 g/mol. The largest absolute Gasteiger partial charge is 0.312 e. The van der Waals surface area contributed by atoms with E-state index in [4.69, 9.17) is 0 Å². The molecule has 2 heteroatoms. The lowest BCUT2D eigenvalue weighted by Gasteiger charge is -2.24. The molecular weight excluding hydrogens is 208 g/mol. The van der Waals surface area contributed by atoms with E-state index in [9.17, 15) is 0 Å². The van der Waals surface area contributed by atoms with Gasteiger partial charge in [0.1, 0.15) is 0 Å². The van der Waals surface area contributed by atoms with Crippen LogP contribution in [0.2, 0.25) is 0 Å². The Labute approximate surface area is 107 Å². The average Bonchev–Trinajstić information content (AvgIpc) is 2.86. The Hall–Kier alpha value is -0.0800. The molecule has 1 unspecified atom stereocenters. The molecule has 2 fully saturated rings. The summed E-state index contributed by atoms with van der Waals surface area (Å²) in [6.07, 6.45) is 7.33. The highest BCUT2D eigenvalue weighted by Crippen LogP contribution is 2.27. The highest BCUT2D eigenvalue weighted by Gasteiger charge is 2.26. The van der Waals surface area contributed by atoms with E-state index >= 15 is 0 Å². The van der Waals surface area contributed by atoms with E-state index in [1.807, 2.05) is 0 Å². The van der Waals surface area contributed by atoms with E-state index < -0.39 is 0 Å². The molecule has 2 aliphatic rings. The third kappa shape index (κ3) is 4.59. The number of hydrogen-bond acceptors (Lipinski definition) is 2. The maximum atomic E-state index is 3.65. The Bertz CT molecular complexity index is 226. The summed E-state index contributed by atoms with van der Waals surface area (Å²) in [4.78, 5) is 2.71. The molecule has 100 valence electrons. The molecule has 1 saturated carbocycles. The molecule has 0 aromatic carbocycles. The quantitative estimate of drug-likeness (QED) is 0.810. The first-order chi connectivity index (χ1) is 8.03. The molecule has 1 aliphatic carbocycles. The zero-order chi connectivity index (χ0) is 12.3. The zero-order valence-corrected chi connectivity index (χ0v) is 12.0. The van der Waals surface area contributed by atoms with Crippen molar-refractivity contribution in [2.75, 3.05) is 26.2 Å². The number of rotatable bonds is 4. The highest BCUT2D eigenvalue weighted by atomic mass is 15.2. The second-order valence-corrected chi connectivity index (χ2v) is 7.20. The second kappa shape index (κ2) is 5.71. The molecule has 1 saturated heterocycles. The van der Waals surface area contributed by atoms with E-state index in [1.54, 1.807) is 0 Å². The molecule has 1 atom stereocenters. The van der Waals surface area contributed by atoms with Gasteiger partial charge in [-0.25, -0.2) is 0 Å². The summed E-state index contributed by atoms with van der Waals surface area (Å²) in [5.41, 5.74) is 0.277. The Morgan fingerprint density at radius 2 is 1.76 bits per heavy atom. The van der Waals surface area contributed by atoms with Gasteiger partial charge in [0, 0.05) is 18.6 Å². The van der Waals surface area contributed by atoms with Crippen LogP contribution in [0, 0.1) is 11.8 Å². The molecule has 1 heterocycles. The second-order valence-electron chi connectivity index (χ2n) is 7.20. The van der Waals surface area contributed by atoms with Crippen molar-refractivity contribution in [1.29, 1.82) is 0 Å². The van der Waals surface area contributed by atoms with E-state index in [0.717, 1.165) is 11.8 Å². The van der Waals surface area contributed by atoms with Crippen LogP contribution in [0.3, 0.4) is 0 Å². The summed E-state index contributed by atoms with van der Waals surface area (Å²) in [5.74, 6) is 1.90. The highest BCUT2D eigenvalue weighted by molar-refractivity contribution is 4.82. The van der Waals surface area contributed by atoms with Gasteiger partial charge in [0.15, 0.2) is 0 Å². The van der Waals surface area contributed by atoms with Crippen LogP contribution in [0.1, 0.15) is 52.9 Å². The summed E-state index contributed by atoms with van der Waals surface area (Å²) in [5, 5.41) is 3.65. The fraction of sp³-hybridized carbons (Fsp3) is 1.00. The lowest BCUT2D eigenvalue weighted by atomic mass is 10.1. The molecule has 2 nitrogen and oxygen atoms in total. The van der Waals surface area contributed by atoms with Crippen LogP contribution < -0.4 is 5.32 Å². The first-order valence-corrected chi connectivity index (χ1v) is 7.50. The third-order valence-corrected chi connectivity index (χ3v) is 4.28. The summed E-state index contributed by atoms with van der Waals surface area (Å²) in [6, 6.07) is 0. The van der Waals surface area contributed by atoms with Crippen LogP contribution in [-0.4, -0.2) is 36.6 Å². The minimum absolute atomic E-state index is 0.277. The lowest BCUT2D eigenvalue weighted by molar-refractivity contribution is 0.266. The Morgan fingerprint density at radius 1 is 1.06 bits per heavy atom. The number of nitrogens with one attached hydrogen (secondary N) is 1. The molecule has 0 aromatic heterocycles. The number of likely N-dealkylation sites (tertiary alicyclic amines) is 1. The fourth-order valence-electron chi connectivity index (χ4n) is 3.25. The topological polar surface area (TPSA) is 15.3 Å². The van der Waals surface area contributed by atoms with Gasteiger partial charge in [-0.1, -0.05) is 12.8 Å². The molecule has 2 rings (SSSR count). The maximum absolute atomic E-state index is 3.65. The van der Waals surface area contributed by atoms with E-state index in [0.29, 0.717) is 0 Å². The van der Waals surface area contributed by atoms with Crippen molar-refractivity contribution < 1.29 is 0 Å². The van der Waals surface area contributed by atoms with Gasteiger partial charge in [0.05, 0.1) is 0 Å². The summed E-state index contributed by atoms with van der Waals surface area (Å²) < 4.78 is 0. The van der Waals surface area contributed by atoms with Crippen LogP contribution in [0.15, 0.2) is 0 Å². The number of hydrogen-bond donors (Lipinski definition) is 1. The van der Waals surface area contributed by atoms with E-state index in [-0.39, 0.29) is 5.54 Å². The first-order valence-electron chi connectivity index (χ1n) is 7.50. The van der Waals surface area contributed by atoms with Crippen LogP contribution in [0.4, 0.5) is 0 Å². The summed E-state index contributed by atoms with van der Waals surface area (Å²) >= 11 is 0. The minimum atomic E-state index is 0.277. The van der Waals surface area contributed by atoms with Crippen molar-refractivity contribution in [2.24, 2.45) is 11.8 Å². The van der Waals surface area contributed by atoms with Gasteiger partial charge in [-0.15, -0.1) is 0 Å². The standard InChI is InChI=1S/C15H30N2/c1-15(2,3)16-10-14-8-9-17(12-14)11-13-6-4-5-7-13/h13-14,16H,4-12H2,1-3H3. The number of nitrogens with zero attached hydrogens (tertiary/aromatic N) is 1. The summed E-state index contributed by atoms with van der Waals surface area (Å²) in [7, 11) is 0. The maximum Gasteiger partial charge on any atom is 0.00966 e. The Balaban J connectivity index is 1.64. The van der Waals surface area contributed by atoms with Crippen LogP contribution >= 0.6 is 0 Å². The normalized spacial score (nSPS) is 28.1. The fourth-order valence-corrected chi connectivity index (χ4v) is 3.25. The molecule has 0 amide bonds. The SMILES string of the molecule is CC(C)(C)NCC1CCN(CC2CCCC2)C1. The van der Waals surface area contributed by atoms with Gasteiger partial charge < -0.3 is 10.2 Å². The molecular formula is C15H30N2. The molecule has 0 spiro atoms. The van der Waals surface area contributed by atoms with Gasteiger partial charge in [-0.3, -0.25) is 0 Å². The molecule has 0 aromatic rings. The van der Waals surface area contributed by atoms with Crippen molar-refractivity contribution in [3.63, 3.8) is 0 Å². The van der Waals surface area contributed by atoms with Crippen molar-refractivity contribution in [1.82, 2.24) is 10.2 Å². The van der Waals surface area contributed by atoms with Crippen LogP contribution in [-0.2, 0) is 0 Å². The van der Waals surface area contributed by atoms with Gasteiger partial charge >= 0.3 is 0 Å². The predicted molar refractivity (Wildman–Crippen MR) is 74.3 cm³/mol. The molecule has 1 N–H and O–H groups in total. The molecule has 1 aliphatic heterocycles. The minimum Gasteiger partial charge on any atom is -0.312 e. The lowest BCUT2D eigenvalue weighted by Crippen LogP contribution is -2.39. The van der Waals surface area contributed by atoms with Crippen molar-refractivity contribution >= 4 is 0 Å². The first kappa shape index (κ1) is 13.4. The van der Waals surface area contributed by atoms with E-state index in [1.165, 1.54) is 58.3 Å². The molecule has 0 radical (unpaired) electrons. The zero-order valence-electron chi connectivity index (χ0n) is 12.0. The third-order valence-electron chi connectivity index (χ3n) is 4.28. The van der Waals surface area contributed by atoms with Crippen molar-refractivity contribution in [3.8, 4) is 0 Å².